The Morgan fingerprint density at radius 2 is 2.38 bits per heavy atom. The SMILES string of the molecule is NCCc1cncn1CC1CCC1. The molecule has 0 spiro atoms. The third kappa shape index (κ3) is 1.91. The fraction of sp³-hybridized carbons (Fsp3) is 0.700. The largest absolute Gasteiger partial charge is 0.334 e. The molecule has 0 bridgehead atoms. The van der Waals surface area contributed by atoms with Gasteiger partial charge in [-0.15, -0.1) is 0 Å². The summed E-state index contributed by atoms with van der Waals surface area (Å²) >= 11 is 0. The summed E-state index contributed by atoms with van der Waals surface area (Å²) in [4.78, 5) is 4.16. The zero-order valence-corrected chi connectivity index (χ0v) is 7.95. The van der Waals surface area contributed by atoms with Gasteiger partial charge in [-0.2, -0.15) is 0 Å². The first-order valence-corrected chi connectivity index (χ1v) is 5.09. The average molecular weight is 179 g/mol. The molecule has 0 aliphatic heterocycles. The van der Waals surface area contributed by atoms with Gasteiger partial charge in [0.2, 0.25) is 0 Å². The molecular formula is C10H17N3. The standard InChI is InChI=1S/C10H17N3/c11-5-4-10-6-12-8-13(10)7-9-2-1-3-9/h6,8-9H,1-5,7,11H2. The van der Waals surface area contributed by atoms with E-state index in [1.54, 1.807) is 0 Å². The minimum Gasteiger partial charge on any atom is -0.334 e. The van der Waals surface area contributed by atoms with Crippen molar-refractivity contribution >= 4 is 0 Å². The van der Waals surface area contributed by atoms with Gasteiger partial charge in [-0.3, -0.25) is 0 Å². The molecular weight excluding hydrogens is 162 g/mol. The number of rotatable bonds is 4. The Balaban J connectivity index is 1.96. The van der Waals surface area contributed by atoms with Crippen molar-refractivity contribution in [3.63, 3.8) is 0 Å². The lowest BCUT2D eigenvalue weighted by molar-refractivity contribution is 0.274. The Labute approximate surface area is 79.0 Å². The second kappa shape index (κ2) is 3.92. The van der Waals surface area contributed by atoms with Crippen LogP contribution in [-0.4, -0.2) is 16.1 Å². The summed E-state index contributed by atoms with van der Waals surface area (Å²) < 4.78 is 2.26. The summed E-state index contributed by atoms with van der Waals surface area (Å²) in [5.41, 5.74) is 6.81. The van der Waals surface area contributed by atoms with E-state index in [9.17, 15) is 0 Å². The Morgan fingerprint density at radius 1 is 1.54 bits per heavy atom. The van der Waals surface area contributed by atoms with Crippen LogP contribution in [0.3, 0.4) is 0 Å². The predicted octanol–water partition coefficient (Wildman–Crippen LogP) is 1.18. The maximum Gasteiger partial charge on any atom is 0.0948 e. The van der Waals surface area contributed by atoms with Crippen molar-refractivity contribution in [3.05, 3.63) is 18.2 Å². The van der Waals surface area contributed by atoms with Crippen LogP contribution in [0.15, 0.2) is 12.5 Å². The molecule has 72 valence electrons. The lowest BCUT2D eigenvalue weighted by Crippen LogP contribution is -2.19. The Bertz CT molecular complexity index is 263. The predicted molar refractivity (Wildman–Crippen MR) is 52.3 cm³/mol. The van der Waals surface area contributed by atoms with E-state index in [0.29, 0.717) is 0 Å². The fourth-order valence-corrected chi connectivity index (χ4v) is 1.82. The van der Waals surface area contributed by atoms with E-state index in [1.807, 2.05) is 12.5 Å². The average Bonchev–Trinajstić information content (AvgIpc) is 2.46. The van der Waals surface area contributed by atoms with Crippen LogP contribution >= 0.6 is 0 Å². The van der Waals surface area contributed by atoms with Crippen molar-refractivity contribution in [2.24, 2.45) is 11.7 Å². The van der Waals surface area contributed by atoms with Crippen LogP contribution < -0.4 is 5.73 Å². The summed E-state index contributed by atoms with van der Waals surface area (Å²) in [6.45, 7) is 1.87. The molecule has 1 aliphatic rings. The van der Waals surface area contributed by atoms with E-state index in [1.165, 1.54) is 25.0 Å². The second-order valence-electron chi connectivity index (χ2n) is 3.87. The number of nitrogens with zero attached hydrogens (tertiary/aromatic N) is 2. The number of hydrogen-bond donors (Lipinski definition) is 1. The van der Waals surface area contributed by atoms with Crippen LogP contribution in [0.5, 0.6) is 0 Å². The first kappa shape index (κ1) is 8.75. The molecule has 0 saturated heterocycles. The first-order valence-electron chi connectivity index (χ1n) is 5.09. The molecule has 3 nitrogen and oxygen atoms in total. The lowest BCUT2D eigenvalue weighted by Gasteiger charge is -2.26. The highest BCUT2D eigenvalue weighted by Crippen LogP contribution is 2.28. The van der Waals surface area contributed by atoms with E-state index < -0.39 is 0 Å². The molecule has 1 saturated carbocycles. The fourth-order valence-electron chi connectivity index (χ4n) is 1.82. The van der Waals surface area contributed by atoms with E-state index >= 15 is 0 Å². The van der Waals surface area contributed by atoms with Crippen LogP contribution in [0.25, 0.3) is 0 Å². The van der Waals surface area contributed by atoms with Gasteiger partial charge in [-0.1, -0.05) is 6.42 Å². The molecule has 2 rings (SSSR count). The van der Waals surface area contributed by atoms with Gasteiger partial charge in [0, 0.05) is 24.9 Å². The van der Waals surface area contributed by atoms with Crippen molar-refractivity contribution in [2.45, 2.75) is 32.2 Å². The highest BCUT2D eigenvalue weighted by atomic mass is 15.0. The van der Waals surface area contributed by atoms with Gasteiger partial charge in [0.15, 0.2) is 0 Å². The van der Waals surface area contributed by atoms with Crippen LogP contribution in [0.2, 0.25) is 0 Å². The molecule has 3 heteroatoms. The number of hydrogen-bond acceptors (Lipinski definition) is 2. The third-order valence-electron chi connectivity index (χ3n) is 2.88. The number of nitrogens with two attached hydrogens (primary N) is 1. The van der Waals surface area contributed by atoms with Gasteiger partial charge in [-0.25, -0.2) is 4.98 Å². The molecule has 0 unspecified atom stereocenters. The summed E-state index contributed by atoms with van der Waals surface area (Å²) in [5, 5.41) is 0. The van der Waals surface area contributed by atoms with Crippen molar-refractivity contribution in [1.29, 1.82) is 0 Å². The third-order valence-corrected chi connectivity index (χ3v) is 2.88. The summed E-state index contributed by atoms with van der Waals surface area (Å²) in [6.07, 6.45) is 9.01. The second-order valence-corrected chi connectivity index (χ2v) is 3.87. The molecule has 1 aromatic rings. The zero-order chi connectivity index (χ0) is 9.10. The van der Waals surface area contributed by atoms with E-state index in [0.717, 1.165) is 25.4 Å². The first-order chi connectivity index (χ1) is 6.40. The number of imidazole rings is 1. The van der Waals surface area contributed by atoms with Crippen molar-refractivity contribution in [2.75, 3.05) is 6.54 Å². The molecule has 0 atom stereocenters. The smallest absolute Gasteiger partial charge is 0.0948 e. The van der Waals surface area contributed by atoms with Gasteiger partial charge in [0.1, 0.15) is 0 Å². The van der Waals surface area contributed by atoms with Gasteiger partial charge in [-0.05, 0) is 25.3 Å². The monoisotopic (exact) mass is 179 g/mol. The van der Waals surface area contributed by atoms with Crippen molar-refractivity contribution < 1.29 is 0 Å². The van der Waals surface area contributed by atoms with Crippen LogP contribution in [0.4, 0.5) is 0 Å². The highest BCUT2D eigenvalue weighted by molar-refractivity contribution is 4.99. The molecule has 0 amide bonds. The van der Waals surface area contributed by atoms with Crippen LogP contribution in [0, 0.1) is 5.92 Å². The van der Waals surface area contributed by atoms with Crippen LogP contribution in [0.1, 0.15) is 25.0 Å². The minimum atomic E-state index is 0.719. The van der Waals surface area contributed by atoms with E-state index in [4.69, 9.17) is 5.73 Å². The summed E-state index contributed by atoms with van der Waals surface area (Å²) in [7, 11) is 0. The zero-order valence-electron chi connectivity index (χ0n) is 7.95. The Morgan fingerprint density at radius 3 is 3.00 bits per heavy atom. The topological polar surface area (TPSA) is 43.8 Å². The molecule has 1 aromatic heterocycles. The normalized spacial score (nSPS) is 17.3. The quantitative estimate of drug-likeness (QED) is 0.754. The van der Waals surface area contributed by atoms with Crippen LogP contribution in [-0.2, 0) is 13.0 Å². The van der Waals surface area contributed by atoms with E-state index in [2.05, 4.69) is 9.55 Å². The minimum absolute atomic E-state index is 0.719. The van der Waals surface area contributed by atoms with Crippen molar-refractivity contribution in [1.82, 2.24) is 9.55 Å². The van der Waals surface area contributed by atoms with Gasteiger partial charge >= 0.3 is 0 Å². The molecule has 1 heterocycles. The summed E-state index contributed by atoms with van der Waals surface area (Å²) in [6, 6.07) is 0. The summed E-state index contributed by atoms with van der Waals surface area (Å²) in [5.74, 6) is 0.894. The Kier molecular flexibility index (Phi) is 2.64. The van der Waals surface area contributed by atoms with E-state index in [-0.39, 0.29) is 0 Å². The molecule has 0 radical (unpaired) electrons. The molecule has 1 aliphatic carbocycles. The molecule has 0 aromatic carbocycles. The number of aromatic nitrogens is 2. The highest BCUT2D eigenvalue weighted by Gasteiger charge is 2.18. The molecule has 1 fully saturated rings. The maximum absolute atomic E-state index is 5.52. The van der Waals surface area contributed by atoms with Crippen molar-refractivity contribution in [3.8, 4) is 0 Å². The van der Waals surface area contributed by atoms with Gasteiger partial charge in [0.25, 0.3) is 0 Å². The molecule has 13 heavy (non-hydrogen) atoms. The van der Waals surface area contributed by atoms with Gasteiger partial charge in [0.05, 0.1) is 6.33 Å². The molecule has 2 N–H and O–H groups in total. The lowest BCUT2D eigenvalue weighted by atomic mass is 9.85. The van der Waals surface area contributed by atoms with Gasteiger partial charge < -0.3 is 10.3 Å². The Hall–Kier alpha value is -0.830. The maximum atomic E-state index is 5.52.